The third kappa shape index (κ3) is 2.38. The van der Waals surface area contributed by atoms with Gasteiger partial charge in [-0.3, -0.25) is 0 Å². The van der Waals surface area contributed by atoms with Crippen LogP contribution in [0.2, 0.25) is 0 Å². The highest BCUT2D eigenvalue weighted by molar-refractivity contribution is 5.54. The van der Waals surface area contributed by atoms with Crippen LogP contribution in [0.3, 0.4) is 0 Å². The molecule has 0 aliphatic heterocycles. The third-order valence-electron chi connectivity index (χ3n) is 2.80. The van der Waals surface area contributed by atoms with E-state index in [1.165, 1.54) is 10.4 Å². The molecule has 18 heavy (non-hydrogen) atoms. The van der Waals surface area contributed by atoms with E-state index in [2.05, 4.69) is 47.5 Å². The van der Waals surface area contributed by atoms with Gasteiger partial charge in [0.1, 0.15) is 0 Å². The average molecular weight is 241 g/mol. The molecule has 0 bridgehead atoms. The van der Waals surface area contributed by atoms with E-state index < -0.39 is 6.04 Å². The average Bonchev–Trinajstić information content (AvgIpc) is 2.87. The Morgan fingerprint density at radius 1 is 1.17 bits per heavy atom. The Morgan fingerprint density at radius 3 is 2.39 bits per heavy atom. The molecule has 0 aliphatic carbocycles. The maximum Gasteiger partial charge on any atom is 0.204 e. The summed E-state index contributed by atoms with van der Waals surface area (Å²) in [6.07, 6.45) is 0. The lowest BCUT2D eigenvalue weighted by Crippen LogP contribution is -2.06. The monoisotopic (exact) mass is 241 g/mol. The van der Waals surface area contributed by atoms with Crippen LogP contribution in [-0.2, 0) is 0 Å². The van der Waals surface area contributed by atoms with Crippen molar-refractivity contribution in [1.82, 2.24) is 20.2 Å². The summed E-state index contributed by atoms with van der Waals surface area (Å²) >= 11 is 0. The molecular weight excluding hydrogens is 226 g/mol. The van der Waals surface area contributed by atoms with Gasteiger partial charge in [0.05, 0.1) is 6.07 Å². The first kappa shape index (κ1) is 12.2. The summed E-state index contributed by atoms with van der Waals surface area (Å²) in [6.45, 7) is 6.03. The number of hydrogen-bond donors (Lipinski definition) is 0. The minimum Gasteiger partial charge on any atom is -0.196 e. The van der Waals surface area contributed by atoms with Crippen LogP contribution in [0.4, 0.5) is 0 Å². The summed E-state index contributed by atoms with van der Waals surface area (Å²) in [5.74, 6) is 1.05. The van der Waals surface area contributed by atoms with Crippen molar-refractivity contribution >= 4 is 0 Å². The van der Waals surface area contributed by atoms with Crippen molar-refractivity contribution in [2.24, 2.45) is 0 Å². The second-order valence-corrected chi connectivity index (χ2v) is 4.52. The van der Waals surface area contributed by atoms with E-state index in [9.17, 15) is 0 Å². The zero-order valence-corrected chi connectivity index (χ0v) is 10.7. The first-order valence-corrected chi connectivity index (χ1v) is 5.91. The highest BCUT2D eigenvalue weighted by Gasteiger charge is 2.10. The summed E-state index contributed by atoms with van der Waals surface area (Å²) in [4.78, 5) is 1.33. The molecule has 0 aliphatic rings. The minimum atomic E-state index is -0.402. The summed E-state index contributed by atoms with van der Waals surface area (Å²) in [6, 6.07) is 9.75. The van der Waals surface area contributed by atoms with Crippen LogP contribution in [-0.4, -0.2) is 20.2 Å². The van der Waals surface area contributed by atoms with E-state index in [0.29, 0.717) is 11.7 Å². The van der Waals surface area contributed by atoms with Gasteiger partial charge in [0.25, 0.3) is 0 Å². The molecule has 5 nitrogen and oxygen atoms in total. The second-order valence-electron chi connectivity index (χ2n) is 4.52. The Bertz CT molecular complexity index is 562. The molecule has 1 aromatic heterocycles. The Balaban J connectivity index is 2.27. The first-order valence-electron chi connectivity index (χ1n) is 5.91. The van der Waals surface area contributed by atoms with Gasteiger partial charge < -0.3 is 0 Å². The highest BCUT2D eigenvalue weighted by atomic mass is 15.6. The molecule has 92 valence electrons. The third-order valence-corrected chi connectivity index (χ3v) is 2.80. The van der Waals surface area contributed by atoms with Gasteiger partial charge >= 0.3 is 0 Å². The van der Waals surface area contributed by atoms with E-state index in [1.807, 2.05) is 12.1 Å². The van der Waals surface area contributed by atoms with E-state index in [4.69, 9.17) is 5.26 Å². The van der Waals surface area contributed by atoms with E-state index >= 15 is 0 Å². The largest absolute Gasteiger partial charge is 0.204 e. The lowest BCUT2D eigenvalue weighted by molar-refractivity contribution is 0.501. The molecule has 5 heteroatoms. The van der Waals surface area contributed by atoms with Crippen LogP contribution < -0.4 is 0 Å². The molecule has 1 heterocycles. The molecule has 2 aromatic rings. The topological polar surface area (TPSA) is 67.4 Å². The van der Waals surface area contributed by atoms with Crippen LogP contribution in [0.5, 0.6) is 0 Å². The predicted molar refractivity (Wildman–Crippen MR) is 67.7 cm³/mol. The van der Waals surface area contributed by atoms with Crippen LogP contribution >= 0.6 is 0 Å². The lowest BCUT2D eigenvalue weighted by Gasteiger charge is -2.04. The Labute approximate surface area is 106 Å². The van der Waals surface area contributed by atoms with Gasteiger partial charge in [0.15, 0.2) is 6.04 Å². The van der Waals surface area contributed by atoms with Gasteiger partial charge in [-0.2, -0.15) is 5.26 Å². The summed E-state index contributed by atoms with van der Waals surface area (Å²) in [7, 11) is 0. The lowest BCUT2D eigenvalue weighted by atomic mass is 10.0. The van der Waals surface area contributed by atoms with Crippen molar-refractivity contribution in [2.45, 2.75) is 32.7 Å². The number of benzene rings is 1. The van der Waals surface area contributed by atoms with Gasteiger partial charge in [-0.1, -0.05) is 38.1 Å². The molecular formula is C13H15N5. The van der Waals surface area contributed by atoms with Crippen molar-refractivity contribution in [3.63, 3.8) is 0 Å². The van der Waals surface area contributed by atoms with Crippen LogP contribution in [0.25, 0.3) is 11.4 Å². The Hall–Kier alpha value is -2.22. The van der Waals surface area contributed by atoms with Crippen LogP contribution in [0.1, 0.15) is 38.3 Å². The standard InChI is InChI=1S/C13H15N5/c1-9(2)11-4-6-12(7-5-11)13-15-17-18(16-13)10(3)8-14/h4-7,9-10H,1-3H3/t10-/m1/s1. The molecule has 0 N–H and O–H groups in total. The van der Waals surface area contributed by atoms with Crippen LogP contribution in [0.15, 0.2) is 24.3 Å². The molecule has 0 fully saturated rings. The quantitative estimate of drug-likeness (QED) is 0.828. The fourth-order valence-electron chi connectivity index (χ4n) is 1.57. The molecule has 2 rings (SSSR count). The van der Waals surface area contributed by atoms with Gasteiger partial charge in [-0.15, -0.1) is 15.0 Å². The number of aromatic nitrogens is 4. The maximum absolute atomic E-state index is 8.79. The summed E-state index contributed by atoms with van der Waals surface area (Å²) in [5, 5.41) is 20.8. The second kappa shape index (κ2) is 4.96. The SMILES string of the molecule is CC(C)c1ccc(-c2nnn([C@H](C)C#N)n2)cc1. The van der Waals surface area contributed by atoms with E-state index in [1.54, 1.807) is 6.92 Å². The fraction of sp³-hybridized carbons (Fsp3) is 0.385. The first-order chi connectivity index (χ1) is 8.61. The van der Waals surface area contributed by atoms with Gasteiger partial charge in [-0.25, -0.2) is 0 Å². The molecule has 0 unspecified atom stereocenters. The van der Waals surface area contributed by atoms with Gasteiger partial charge in [-0.05, 0) is 23.6 Å². The number of rotatable bonds is 3. The maximum atomic E-state index is 8.79. The van der Waals surface area contributed by atoms with E-state index in [-0.39, 0.29) is 0 Å². The smallest absolute Gasteiger partial charge is 0.196 e. The predicted octanol–water partition coefficient (Wildman–Crippen LogP) is 2.55. The molecule has 0 saturated heterocycles. The number of tetrazole rings is 1. The molecule has 1 aromatic carbocycles. The molecule has 1 atom stereocenters. The molecule has 0 radical (unpaired) electrons. The summed E-state index contributed by atoms with van der Waals surface area (Å²) < 4.78 is 0. The number of nitriles is 1. The Morgan fingerprint density at radius 2 is 1.83 bits per heavy atom. The van der Waals surface area contributed by atoms with Crippen molar-refractivity contribution in [3.05, 3.63) is 29.8 Å². The van der Waals surface area contributed by atoms with Gasteiger partial charge in [0, 0.05) is 5.56 Å². The minimum absolute atomic E-state index is 0.402. The number of nitrogens with zero attached hydrogens (tertiary/aromatic N) is 5. The Kier molecular flexibility index (Phi) is 3.38. The van der Waals surface area contributed by atoms with Gasteiger partial charge in [0.2, 0.25) is 5.82 Å². The highest BCUT2D eigenvalue weighted by Crippen LogP contribution is 2.19. The van der Waals surface area contributed by atoms with Crippen LogP contribution in [0, 0.1) is 11.3 Å². The van der Waals surface area contributed by atoms with Crippen molar-refractivity contribution in [1.29, 1.82) is 5.26 Å². The van der Waals surface area contributed by atoms with E-state index in [0.717, 1.165) is 5.56 Å². The zero-order valence-electron chi connectivity index (χ0n) is 10.7. The molecule has 0 spiro atoms. The van der Waals surface area contributed by atoms with Crippen molar-refractivity contribution < 1.29 is 0 Å². The fourth-order valence-corrected chi connectivity index (χ4v) is 1.57. The van der Waals surface area contributed by atoms with Crippen molar-refractivity contribution in [2.75, 3.05) is 0 Å². The summed E-state index contributed by atoms with van der Waals surface area (Å²) in [5.41, 5.74) is 2.19. The molecule has 0 saturated carbocycles. The van der Waals surface area contributed by atoms with Crippen molar-refractivity contribution in [3.8, 4) is 17.5 Å². The number of hydrogen-bond acceptors (Lipinski definition) is 4. The molecule has 0 amide bonds. The zero-order chi connectivity index (χ0) is 13.1. The normalized spacial score (nSPS) is 12.4.